The molecule has 0 bridgehead atoms. The number of sulfonamides is 1. The molecule has 2 rings (SSSR count). The number of rotatable bonds is 12. The monoisotopic (exact) mass is 453 g/mol. The average Bonchev–Trinajstić information content (AvgIpc) is 2.69. The van der Waals surface area contributed by atoms with Crippen molar-refractivity contribution in [2.75, 3.05) is 30.7 Å². The molecule has 170 valence electrons. The normalized spacial score (nSPS) is 13.3. The molecule has 0 spiro atoms. The molecule has 0 aliphatic heterocycles. The molecule has 2 aromatic rings. The van der Waals surface area contributed by atoms with Gasteiger partial charge in [-0.15, -0.1) is 0 Å². The van der Waals surface area contributed by atoms with E-state index in [2.05, 4.69) is 10.0 Å². The van der Waals surface area contributed by atoms with Crippen molar-refractivity contribution in [3.8, 4) is 17.2 Å². The van der Waals surface area contributed by atoms with Gasteiger partial charge in [0.2, 0.25) is 10.0 Å². The lowest BCUT2D eigenvalue weighted by atomic mass is 10.2. The third kappa shape index (κ3) is 8.70. The van der Waals surface area contributed by atoms with E-state index in [1.165, 1.54) is 18.2 Å². The van der Waals surface area contributed by atoms with E-state index in [0.717, 1.165) is 6.26 Å². The number of aliphatic hydroxyl groups is 1. The largest absolute Gasteiger partial charge is 0.507 e. The molecule has 0 fully saturated rings. The molecule has 2 aromatic carbocycles. The Bertz CT molecular complexity index is 981. The first-order chi connectivity index (χ1) is 14.5. The first kappa shape index (κ1) is 24.3. The number of primary amides is 1. The number of carbonyl (C=O) groups excluding carboxylic acids is 1. The van der Waals surface area contributed by atoms with Crippen molar-refractivity contribution >= 4 is 21.6 Å². The Hall–Kier alpha value is -3.02. The molecule has 0 aliphatic rings. The number of aromatic hydroxyl groups is 1. The number of aliphatic hydroxyl groups excluding tert-OH is 1. The van der Waals surface area contributed by atoms with Gasteiger partial charge in [0.05, 0.1) is 11.8 Å². The molecule has 0 heterocycles. The van der Waals surface area contributed by atoms with Gasteiger partial charge in [0.15, 0.2) is 0 Å². The van der Waals surface area contributed by atoms with Crippen molar-refractivity contribution in [2.45, 2.75) is 19.1 Å². The predicted molar refractivity (Wildman–Crippen MR) is 116 cm³/mol. The third-order valence-corrected chi connectivity index (χ3v) is 4.64. The number of carbonyl (C=O) groups is 1. The summed E-state index contributed by atoms with van der Waals surface area (Å²) in [4.78, 5) is 11.3. The Morgan fingerprint density at radius 2 is 1.71 bits per heavy atom. The second-order valence-electron chi connectivity index (χ2n) is 7.03. The zero-order chi connectivity index (χ0) is 23.0. The lowest BCUT2D eigenvalue weighted by molar-refractivity contribution is 0.0995. The van der Waals surface area contributed by atoms with Gasteiger partial charge in [-0.25, -0.2) is 8.42 Å². The van der Waals surface area contributed by atoms with E-state index in [1.807, 2.05) is 6.92 Å². The number of phenols is 1. The Balaban J connectivity index is 1.71. The SMILES string of the molecule is CC(COc1ccc(O)c(C(N)=O)c1)NCC(O)COc1ccc(NS(C)(=O)=O)cc1. The first-order valence-electron chi connectivity index (χ1n) is 9.41. The van der Waals surface area contributed by atoms with E-state index in [4.69, 9.17) is 15.2 Å². The maximum Gasteiger partial charge on any atom is 0.252 e. The van der Waals surface area contributed by atoms with Crippen LogP contribution in [-0.4, -0.2) is 62.7 Å². The Morgan fingerprint density at radius 1 is 1.10 bits per heavy atom. The first-order valence-corrected chi connectivity index (χ1v) is 11.3. The van der Waals surface area contributed by atoms with Crippen LogP contribution in [0.1, 0.15) is 17.3 Å². The number of hydrogen-bond acceptors (Lipinski definition) is 8. The number of amides is 1. The highest BCUT2D eigenvalue weighted by Gasteiger charge is 2.12. The fourth-order valence-electron chi connectivity index (χ4n) is 2.50. The van der Waals surface area contributed by atoms with Crippen LogP contribution in [0.5, 0.6) is 17.2 Å². The number of ether oxygens (including phenoxy) is 2. The summed E-state index contributed by atoms with van der Waals surface area (Å²) < 4.78 is 35.8. The van der Waals surface area contributed by atoms with Crippen molar-refractivity contribution in [2.24, 2.45) is 5.73 Å². The summed E-state index contributed by atoms with van der Waals surface area (Å²) >= 11 is 0. The zero-order valence-corrected chi connectivity index (χ0v) is 18.1. The lowest BCUT2D eigenvalue weighted by Crippen LogP contribution is -2.39. The van der Waals surface area contributed by atoms with Crippen LogP contribution in [0.15, 0.2) is 42.5 Å². The Kier molecular flexibility index (Phi) is 8.48. The zero-order valence-electron chi connectivity index (χ0n) is 17.2. The van der Waals surface area contributed by atoms with Crippen LogP contribution in [0.4, 0.5) is 5.69 Å². The molecule has 2 unspecified atom stereocenters. The fraction of sp³-hybridized carbons (Fsp3) is 0.350. The maximum atomic E-state index is 11.3. The standard InChI is InChI=1S/C20H27N3O7S/c1-13(11-29-17-7-8-19(25)18(9-17)20(21)26)22-10-15(24)12-30-16-5-3-14(4-6-16)23-31(2,27)28/h3-9,13,15,22-25H,10-12H2,1-2H3,(H2,21,26). The molecular formula is C20H27N3O7S. The van der Waals surface area contributed by atoms with Gasteiger partial charge in [0.1, 0.15) is 36.6 Å². The quantitative estimate of drug-likeness (QED) is 0.313. The molecule has 1 amide bonds. The van der Waals surface area contributed by atoms with Gasteiger partial charge in [-0.1, -0.05) is 0 Å². The smallest absolute Gasteiger partial charge is 0.252 e. The van der Waals surface area contributed by atoms with Crippen LogP contribution in [0.25, 0.3) is 0 Å². The van der Waals surface area contributed by atoms with Crippen molar-refractivity contribution < 1.29 is 32.9 Å². The summed E-state index contributed by atoms with van der Waals surface area (Å²) in [7, 11) is -3.34. The highest BCUT2D eigenvalue weighted by Crippen LogP contribution is 2.22. The van der Waals surface area contributed by atoms with E-state index < -0.39 is 22.0 Å². The summed E-state index contributed by atoms with van der Waals surface area (Å²) in [5.74, 6) is -0.0843. The van der Waals surface area contributed by atoms with E-state index in [1.54, 1.807) is 24.3 Å². The molecule has 11 heteroatoms. The topological polar surface area (TPSA) is 160 Å². The molecule has 2 atom stereocenters. The lowest BCUT2D eigenvalue weighted by Gasteiger charge is -2.18. The van der Waals surface area contributed by atoms with E-state index in [-0.39, 0.29) is 37.1 Å². The summed E-state index contributed by atoms with van der Waals surface area (Å²) in [5.41, 5.74) is 5.59. The van der Waals surface area contributed by atoms with Crippen molar-refractivity contribution in [3.63, 3.8) is 0 Å². The van der Waals surface area contributed by atoms with Gasteiger partial charge in [-0.3, -0.25) is 9.52 Å². The minimum atomic E-state index is -3.34. The molecule has 0 saturated heterocycles. The minimum Gasteiger partial charge on any atom is -0.507 e. The fourth-order valence-corrected chi connectivity index (χ4v) is 3.07. The maximum absolute atomic E-state index is 11.3. The van der Waals surface area contributed by atoms with Gasteiger partial charge < -0.3 is 30.7 Å². The average molecular weight is 454 g/mol. The van der Waals surface area contributed by atoms with Crippen LogP contribution in [0.2, 0.25) is 0 Å². The Labute approximate surface area is 181 Å². The van der Waals surface area contributed by atoms with Crippen LogP contribution in [0, 0.1) is 0 Å². The number of hydrogen-bond donors (Lipinski definition) is 5. The van der Waals surface area contributed by atoms with Crippen LogP contribution in [0.3, 0.4) is 0 Å². The summed E-state index contributed by atoms with van der Waals surface area (Å²) in [5, 5.41) is 22.8. The van der Waals surface area contributed by atoms with Crippen LogP contribution in [-0.2, 0) is 10.0 Å². The van der Waals surface area contributed by atoms with Crippen molar-refractivity contribution in [1.29, 1.82) is 0 Å². The van der Waals surface area contributed by atoms with E-state index in [9.17, 15) is 23.4 Å². The molecule has 10 nitrogen and oxygen atoms in total. The minimum absolute atomic E-state index is 0.0224. The van der Waals surface area contributed by atoms with E-state index in [0.29, 0.717) is 17.2 Å². The molecule has 0 radical (unpaired) electrons. The van der Waals surface area contributed by atoms with Gasteiger partial charge in [-0.2, -0.15) is 0 Å². The number of nitrogens with one attached hydrogen (secondary N) is 2. The Morgan fingerprint density at radius 3 is 2.32 bits per heavy atom. The molecular weight excluding hydrogens is 426 g/mol. The number of anilines is 1. The van der Waals surface area contributed by atoms with Crippen molar-refractivity contribution in [3.05, 3.63) is 48.0 Å². The predicted octanol–water partition coefficient (Wildman–Crippen LogP) is 0.659. The van der Waals surface area contributed by atoms with Gasteiger partial charge in [0, 0.05) is 18.3 Å². The highest BCUT2D eigenvalue weighted by atomic mass is 32.2. The second-order valence-corrected chi connectivity index (χ2v) is 8.78. The van der Waals surface area contributed by atoms with Gasteiger partial charge >= 0.3 is 0 Å². The number of benzene rings is 2. The molecule has 6 N–H and O–H groups in total. The summed E-state index contributed by atoms with van der Waals surface area (Å²) in [6.45, 7) is 2.40. The van der Waals surface area contributed by atoms with E-state index >= 15 is 0 Å². The summed E-state index contributed by atoms with van der Waals surface area (Å²) in [6.07, 6.45) is 0.280. The molecule has 0 saturated carbocycles. The molecule has 31 heavy (non-hydrogen) atoms. The second kappa shape index (κ2) is 10.8. The van der Waals surface area contributed by atoms with Crippen LogP contribution < -0.4 is 25.2 Å². The van der Waals surface area contributed by atoms with Gasteiger partial charge in [0.25, 0.3) is 5.91 Å². The molecule has 0 aromatic heterocycles. The highest BCUT2D eigenvalue weighted by molar-refractivity contribution is 7.92. The number of nitrogens with two attached hydrogens (primary N) is 1. The van der Waals surface area contributed by atoms with Gasteiger partial charge in [-0.05, 0) is 49.4 Å². The third-order valence-electron chi connectivity index (χ3n) is 4.04. The van der Waals surface area contributed by atoms with Crippen LogP contribution >= 0.6 is 0 Å². The van der Waals surface area contributed by atoms with Crippen molar-refractivity contribution in [1.82, 2.24) is 5.32 Å². The molecule has 0 aliphatic carbocycles. The summed E-state index contributed by atoms with van der Waals surface area (Å²) in [6, 6.07) is 10.4.